The number of hydrogen-bond acceptors (Lipinski definition) is 7. The predicted molar refractivity (Wildman–Crippen MR) is 195 cm³/mol. The Balaban J connectivity index is 1.96. The monoisotopic (exact) mass is 703 g/mol. The fourth-order valence-electron chi connectivity index (χ4n) is 6.15. The van der Waals surface area contributed by atoms with Crippen molar-refractivity contribution < 1.29 is 34.2 Å². The molecule has 0 spiro atoms. The van der Waals surface area contributed by atoms with Crippen LogP contribution >= 0.6 is 0 Å². The number of hydroxylamine groups is 2. The molecule has 4 N–H and O–H groups in total. The third kappa shape index (κ3) is 11.8. The molecule has 3 aromatic rings. The molecule has 4 amide bonds. The van der Waals surface area contributed by atoms with Crippen molar-refractivity contribution in [1.82, 2.24) is 25.6 Å². The molecular formula is C39H53N5O7. The second-order valence-electron chi connectivity index (χ2n) is 15.0. The lowest BCUT2D eigenvalue weighted by Crippen LogP contribution is -2.57. The predicted octanol–water partition coefficient (Wildman–Crippen LogP) is 6.18. The zero-order chi connectivity index (χ0) is 37.9. The van der Waals surface area contributed by atoms with Crippen LogP contribution in [0.25, 0.3) is 11.1 Å². The number of hydrogen-bond donors (Lipinski definition) is 4. The Bertz CT molecular complexity index is 1590. The molecule has 0 aliphatic rings. The van der Waals surface area contributed by atoms with Crippen molar-refractivity contribution in [2.45, 2.75) is 91.4 Å². The first-order valence-corrected chi connectivity index (χ1v) is 17.1. The summed E-state index contributed by atoms with van der Waals surface area (Å²) in [5.74, 6) is -1.14. The Hall–Kier alpha value is -4.97. The van der Waals surface area contributed by atoms with Crippen LogP contribution < -0.4 is 10.6 Å². The van der Waals surface area contributed by atoms with Crippen LogP contribution in [0.1, 0.15) is 65.5 Å². The molecule has 51 heavy (non-hydrogen) atoms. The number of carboxylic acid groups (broad SMARTS) is 1. The Labute approximate surface area is 301 Å². The topological polar surface area (TPSA) is 161 Å². The number of methoxy groups -OCH3 is 1. The van der Waals surface area contributed by atoms with Gasteiger partial charge in [-0.25, -0.2) is 14.7 Å². The van der Waals surface area contributed by atoms with E-state index in [9.17, 15) is 29.5 Å². The highest BCUT2D eigenvalue weighted by molar-refractivity contribution is 5.87. The number of carbonyl (C=O) groups is 4. The lowest BCUT2D eigenvalue weighted by Gasteiger charge is -2.39. The van der Waals surface area contributed by atoms with Crippen LogP contribution in [-0.2, 0) is 27.2 Å². The molecular weight excluding hydrogens is 650 g/mol. The molecule has 3 rings (SSSR count). The molecule has 0 radical (unpaired) electrons. The molecule has 0 unspecified atom stereocenters. The van der Waals surface area contributed by atoms with Gasteiger partial charge in [0.05, 0.1) is 13.2 Å². The molecule has 4 atom stereocenters. The summed E-state index contributed by atoms with van der Waals surface area (Å²) >= 11 is 0. The third-order valence-corrected chi connectivity index (χ3v) is 8.85. The summed E-state index contributed by atoms with van der Waals surface area (Å²) in [7, 11) is 2.55. The van der Waals surface area contributed by atoms with Crippen molar-refractivity contribution in [2.75, 3.05) is 14.2 Å². The Kier molecular flexibility index (Phi) is 14.1. The van der Waals surface area contributed by atoms with Crippen LogP contribution in [-0.4, -0.2) is 87.6 Å². The minimum absolute atomic E-state index is 0.259. The number of carbonyl (C=O) groups excluding carboxylic acids is 3. The van der Waals surface area contributed by atoms with E-state index < -0.39 is 59.0 Å². The van der Waals surface area contributed by atoms with Crippen molar-refractivity contribution in [2.24, 2.45) is 10.8 Å². The minimum atomic E-state index is -1.29. The zero-order valence-electron chi connectivity index (χ0n) is 30.9. The summed E-state index contributed by atoms with van der Waals surface area (Å²) in [5.41, 5.74) is 2.36. The highest BCUT2D eigenvalue weighted by Gasteiger charge is 2.41. The van der Waals surface area contributed by atoms with Crippen LogP contribution in [0.15, 0.2) is 79.1 Å². The number of nitrogens with zero attached hydrogens (tertiary/aromatic N) is 3. The second kappa shape index (κ2) is 17.8. The number of benzene rings is 2. The van der Waals surface area contributed by atoms with Gasteiger partial charge >= 0.3 is 12.2 Å². The van der Waals surface area contributed by atoms with E-state index >= 15 is 0 Å². The highest BCUT2D eigenvalue weighted by atomic mass is 16.5. The van der Waals surface area contributed by atoms with E-state index in [2.05, 4.69) is 15.6 Å². The quantitative estimate of drug-likeness (QED) is 0.114. The number of rotatable bonds is 14. The number of nitrogens with one attached hydrogen (secondary N) is 2. The van der Waals surface area contributed by atoms with E-state index in [1.807, 2.05) is 87.5 Å². The fraction of sp³-hybridized carbons (Fsp3) is 0.462. The largest absolute Gasteiger partial charge is 0.465 e. The van der Waals surface area contributed by atoms with Crippen LogP contribution in [0.2, 0.25) is 0 Å². The molecule has 276 valence electrons. The van der Waals surface area contributed by atoms with Gasteiger partial charge in [-0.1, -0.05) is 96.1 Å². The molecule has 12 nitrogen and oxygen atoms in total. The summed E-state index contributed by atoms with van der Waals surface area (Å²) in [6, 6.07) is 17.9. The SMILES string of the molecule is COC(=O)N[C@H](C(=O)N[C@@H](CC[C@@H](Cc1ccccc1)N(O)C(=O)[C@@H](N(C)C(=O)O)C(C)(C)C)Cc1ccc(-c2ccncc2)cc1)C(C)(C)C. The van der Waals surface area contributed by atoms with Crippen molar-refractivity contribution in [3.05, 3.63) is 90.3 Å². The van der Waals surface area contributed by atoms with Crippen molar-refractivity contribution >= 4 is 24.0 Å². The van der Waals surface area contributed by atoms with Gasteiger partial charge in [-0.15, -0.1) is 0 Å². The molecule has 12 heteroatoms. The molecule has 1 aromatic heterocycles. The average Bonchev–Trinajstić information content (AvgIpc) is 3.08. The lowest BCUT2D eigenvalue weighted by atomic mass is 9.84. The van der Waals surface area contributed by atoms with Crippen LogP contribution in [0.3, 0.4) is 0 Å². The molecule has 0 saturated heterocycles. The fourth-order valence-corrected chi connectivity index (χ4v) is 6.15. The minimum Gasteiger partial charge on any atom is -0.465 e. The van der Waals surface area contributed by atoms with Crippen LogP contribution in [0.4, 0.5) is 9.59 Å². The van der Waals surface area contributed by atoms with Gasteiger partial charge in [0.2, 0.25) is 5.91 Å². The molecule has 0 saturated carbocycles. The van der Waals surface area contributed by atoms with E-state index in [4.69, 9.17) is 4.74 Å². The molecule has 0 fully saturated rings. The van der Waals surface area contributed by atoms with Gasteiger partial charge < -0.3 is 20.5 Å². The molecule has 0 aliphatic heterocycles. The maximum absolute atomic E-state index is 13.9. The molecule has 1 heterocycles. The first kappa shape index (κ1) is 40.5. The third-order valence-electron chi connectivity index (χ3n) is 8.85. The van der Waals surface area contributed by atoms with E-state index in [-0.39, 0.29) is 12.8 Å². The maximum Gasteiger partial charge on any atom is 0.407 e. The summed E-state index contributed by atoms with van der Waals surface area (Å²) in [6.45, 7) is 10.7. The second-order valence-corrected chi connectivity index (χ2v) is 15.0. The van der Waals surface area contributed by atoms with Gasteiger partial charge in [-0.3, -0.25) is 24.7 Å². The Morgan fingerprint density at radius 1 is 0.784 bits per heavy atom. The zero-order valence-corrected chi connectivity index (χ0v) is 30.9. The smallest absolute Gasteiger partial charge is 0.407 e. The van der Waals surface area contributed by atoms with Crippen molar-refractivity contribution in [3.63, 3.8) is 0 Å². The molecule has 0 aliphatic carbocycles. The van der Waals surface area contributed by atoms with E-state index in [1.165, 1.54) is 14.2 Å². The Morgan fingerprint density at radius 2 is 1.35 bits per heavy atom. The maximum atomic E-state index is 13.9. The molecule has 2 aromatic carbocycles. The Morgan fingerprint density at radius 3 is 1.88 bits per heavy atom. The number of alkyl carbamates (subject to hydrolysis) is 1. The van der Waals surface area contributed by atoms with Gasteiger partial charge in [0.1, 0.15) is 12.1 Å². The lowest BCUT2D eigenvalue weighted by molar-refractivity contribution is -0.185. The van der Waals surface area contributed by atoms with Crippen molar-refractivity contribution in [3.8, 4) is 11.1 Å². The molecule has 0 bridgehead atoms. The normalized spacial score (nSPS) is 14.0. The first-order valence-electron chi connectivity index (χ1n) is 17.1. The summed E-state index contributed by atoms with van der Waals surface area (Å²) in [6.07, 6.45) is 2.74. The van der Waals surface area contributed by atoms with Gasteiger partial charge in [0.25, 0.3) is 5.91 Å². The van der Waals surface area contributed by atoms with Gasteiger partial charge in [0, 0.05) is 25.5 Å². The number of amides is 4. The van der Waals surface area contributed by atoms with E-state index in [0.717, 1.165) is 27.2 Å². The van der Waals surface area contributed by atoms with Crippen LogP contribution in [0.5, 0.6) is 0 Å². The number of aromatic nitrogens is 1. The average molecular weight is 704 g/mol. The van der Waals surface area contributed by atoms with E-state index in [0.29, 0.717) is 17.9 Å². The van der Waals surface area contributed by atoms with Crippen LogP contribution in [0, 0.1) is 10.8 Å². The first-order chi connectivity index (χ1) is 23.9. The number of ether oxygens (including phenoxy) is 1. The van der Waals surface area contributed by atoms with Crippen molar-refractivity contribution in [1.29, 1.82) is 0 Å². The summed E-state index contributed by atoms with van der Waals surface area (Å²) in [5, 5.41) is 27.8. The van der Waals surface area contributed by atoms with Gasteiger partial charge in [0.15, 0.2) is 0 Å². The number of pyridine rings is 1. The van der Waals surface area contributed by atoms with E-state index in [1.54, 1.807) is 33.2 Å². The standard InChI is InChI=1S/C39H53N5O7/c1-38(2,3)32(42-36(47)51-8)34(45)41-30(24-27-14-16-28(17-15-27)29-20-22-40-23-21-29)18-19-31(25-26-12-10-9-11-13-26)44(50)35(46)33(39(4,5)6)43(7)37(48)49/h9-17,20-23,30-33,50H,18-19,24-25H2,1-8H3,(H,41,45)(H,42,47)(H,48,49)/t30-,31-,32+,33+/m0/s1. The number of likely N-dealkylation sites (N-methyl/N-ethyl adjacent to an activating group) is 1. The highest BCUT2D eigenvalue weighted by Crippen LogP contribution is 2.28. The van der Waals surface area contributed by atoms with Gasteiger partial charge in [-0.2, -0.15) is 0 Å². The van der Waals surface area contributed by atoms with Gasteiger partial charge in [-0.05, 0) is 70.9 Å². The summed E-state index contributed by atoms with van der Waals surface area (Å²) < 4.78 is 4.79. The summed E-state index contributed by atoms with van der Waals surface area (Å²) in [4.78, 5) is 56.9.